The summed E-state index contributed by atoms with van der Waals surface area (Å²) in [4.78, 5) is 22.8. The number of carbonyl (C=O) groups excluding carboxylic acids is 1. The Morgan fingerprint density at radius 1 is 0.985 bits per heavy atom. The molecule has 3 aromatic carbocycles. The molecule has 13 nitrogen and oxygen atoms in total. The van der Waals surface area contributed by atoms with E-state index in [-0.39, 0.29) is 74.6 Å². The van der Waals surface area contributed by atoms with Gasteiger partial charge in [-0.05, 0) is 117 Å². The van der Waals surface area contributed by atoms with E-state index in [1.807, 2.05) is 80.6 Å². The van der Waals surface area contributed by atoms with Crippen molar-refractivity contribution in [2.75, 3.05) is 31.7 Å². The minimum absolute atomic E-state index is 0.0177. The summed E-state index contributed by atoms with van der Waals surface area (Å²) in [5, 5.41) is 27.6. The third-order valence-electron chi connectivity index (χ3n) is 12.8. The minimum Gasteiger partial charge on any atom is -0.487 e. The second-order valence-corrected chi connectivity index (χ2v) is 19.3. The Kier molecular flexibility index (Phi) is 16.5. The molecular formula is C52H64N4O9S. The Morgan fingerprint density at radius 3 is 2.44 bits per heavy atom. The van der Waals surface area contributed by atoms with Gasteiger partial charge < -0.3 is 34.6 Å². The molecule has 6 unspecified atom stereocenters. The number of oxime groups is 1. The van der Waals surface area contributed by atoms with Crippen molar-refractivity contribution in [1.82, 2.24) is 9.29 Å². The molecule has 3 aliphatic rings. The van der Waals surface area contributed by atoms with Crippen LogP contribution in [0.4, 0.5) is 5.69 Å². The van der Waals surface area contributed by atoms with Crippen molar-refractivity contribution in [3.8, 4) is 11.5 Å². The summed E-state index contributed by atoms with van der Waals surface area (Å²) in [5.41, 5.74) is 5.47. The van der Waals surface area contributed by atoms with Gasteiger partial charge in [-0.3, -0.25) is 9.78 Å². The lowest BCUT2D eigenvalue weighted by molar-refractivity contribution is -0.251. The number of rotatable bonds is 23. The van der Waals surface area contributed by atoms with Gasteiger partial charge in [0.2, 0.25) is 21.7 Å². The van der Waals surface area contributed by atoms with Crippen LogP contribution in [0.1, 0.15) is 93.6 Å². The molecule has 1 saturated carbocycles. The number of sulfonamides is 1. The van der Waals surface area contributed by atoms with Gasteiger partial charge in [0.05, 0.1) is 34.9 Å². The molecule has 3 N–H and O–H groups in total. The molecule has 2 aliphatic carbocycles. The Hall–Kier alpha value is -5.38. The van der Waals surface area contributed by atoms with Crippen LogP contribution in [0.3, 0.4) is 0 Å². The van der Waals surface area contributed by atoms with E-state index < -0.39 is 27.8 Å². The average molecular weight is 921 g/mol. The van der Waals surface area contributed by atoms with Crippen LogP contribution in [-0.4, -0.2) is 77.7 Å². The van der Waals surface area contributed by atoms with Crippen molar-refractivity contribution >= 4 is 27.3 Å². The van der Waals surface area contributed by atoms with Gasteiger partial charge in [-0.25, -0.2) is 8.42 Å². The highest BCUT2D eigenvalue weighted by atomic mass is 32.2. The number of amides is 1. The Bertz CT molecular complexity index is 2450. The van der Waals surface area contributed by atoms with Gasteiger partial charge in [0.25, 0.3) is 0 Å². The third kappa shape index (κ3) is 10.9. The van der Waals surface area contributed by atoms with Crippen LogP contribution in [0, 0.1) is 24.7 Å². The fraction of sp³-hybridized carbons (Fsp3) is 0.442. The quantitative estimate of drug-likeness (QED) is 0.0371. The SMILES string of the molecule is C=CCOC12Oc3ccc(OCc4cccc(C)n4)cc3C3C(CCCCO)C(CCCCO)C=C(C(=NOCc4ccccc4)CC1N(CCC)S(=O)(=O)c1ccc(NC(C)=O)cc1)C32. The van der Waals surface area contributed by atoms with Crippen LogP contribution >= 0.6 is 0 Å². The number of aliphatic hydroxyl groups excluding tert-OH is 2. The number of benzene rings is 3. The number of nitrogens with zero attached hydrogens (tertiary/aromatic N) is 3. The molecular weight excluding hydrogens is 857 g/mol. The van der Waals surface area contributed by atoms with E-state index in [2.05, 4.69) is 23.0 Å². The van der Waals surface area contributed by atoms with Crippen LogP contribution in [0.15, 0.2) is 125 Å². The monoisotopic (exact) mass is 920 g/mol. The lowest BCUT2D eigenvalue weighted by Gasteiger charge is -2.59. The first-order chi connectivity index (χ1) is 32.0. The number of unbranched alkanes of at least 4 members (excludes halogenated alkanes) is 2. The van der Waals surface area contributed by atoms with Crippen molar-refractivity contribution in [1.29, 1.82) is 0 Å². The van der Waals surface area contributed by atoms with E-state index in [0.717, 1.165) is 53.8 Å². The van der Waals surface area contributed by atoms with Crippen molar-refractivity contribution in [3.63, 3.8) is 0 Å². The lowest BCUT2D eigenvalue weighted by atomic mass is 9.55. The maximum absolute atomic E-state index is 15.3. The molecule has 6 atom stereocenters. The first-order valence-electron chi connectivity index (χ1n) is 23.2. The fourth-order valence-electron chi connectivity index (χ4n) is 10.0. The van der Waals surface area contributed by atoms with E-state index in [0.29, 0.717) is 42.2 Å². The molecule has 4 aromatic rings. The maximum atomic E-state index is 15.3. The van der Waals surface area contributed by atoms with Gasteiger partial charge in [-0.1, -0.05) is 73.5 Å². The van der Waals surface area contributed by atoms with Crippen LogP contribution in [0.5, 0.6) is 11.5 Å². The van der Waals surface area contributed by atoms with Gasteiger partial charge in [-0.2, -0.15) is 4.31 Å². The standard InChI is InChI=1S/C52H64N4O9S/c1-5-27-56(66(60,61)43-24-21-40(22-25-43)54-37(4)59)49-33-47(55-64-34-38-16-8-7-9-17-38)45-31-39(18-10-12-28-57)44(20-11-13-29-58)50-46-32-42(62-35-41-19-14-15-36(3)53-41)23-26-48(46)65-52(49,51(45)50)63-30-6-2/h6-9,14-17,19,21-26,31-32,39,44,49-51,57-58H,2,5,10-13,18,20,27-30,33-35H2,1,3-4H3,(H,54,59). The molecule has 0 saturated heterocycles. The Balaban J connectivity index is 1.44. The zero-order valence-electron chi connectivity index (χ0n) is 38.3. The number of hydrogen-bond acceptors (Lipinski definition) is 11. The van der Waals surface area contributed by atoms with Crippen LogP contribution in [0.25, 0.3) is 0 Å². The van der Waals surface area contributed by atoms with Crippen LogP contribution < -0.4 is 14.8 Å². The van der Waals surface area contributed by atoms with Crippen molar-refractivity contribution in [2.24, 2.45) is 22.9 Å². The Morgan fingerprint density at radius 2 is 1.74 bits per heavy atom. The molecule has 1 fully saturated rings. The minimum atomic E-state index is -4.27. The number of aliphatic hydroxyl groups is 2. The van der Waals surface area contributed by atoms with E-state index in [4.69, 9.17) is 24.2 Å². The first kappa shape index (κ1) is 48.6. The third-order valence-corrected chi connectivity index (χ3v) is 14.7. The van der Waals surface area contributed by atoms with Gasteiger partial charge in [0, 0.05) is 56.0 Å². The molecule has 66 heavy (non-hydrogen) atoms. The smallest absolute Gasteiger partial charge is 0.243 e. The van der Waals surface area contributed by atoms with Crippen molar-refractivity contribution < 1.29 is 42.5 Å². The summed E-state index contributed by atoms with van der Waals surface area (Å²) in [5.74, 6) is -1.57. The molecule has 0 spiro atoms. The molecule has 7 rings (SSSR count). The molecule has 352 valence electrons. The van der Waals surface area contributed by atoms with Crippen LogP contribution in [0.2, 0.25) is 0 Å². The number of anilines is 1. The molecule has 0 radical (unpaired) electrons. The van der Waals surface area contributed by atoms with Gasteiger partial charge in [-0.15, -0.1) is 6.58 Å². The molecule has 2 heterocycles. The van der Waals surface area contributed by atoms with Crippen molar-refractivity contribution in [3.05, 3.63) is 138 Å². The number of aryl methyl sites for hydroxylation is 1. The normalized spacial score (nSPS) is 22.7. The summed E-state index contributed by atoms with van der Waals surface area (Å²) in [6, 6.07) is 26.6. The Labute approximate surface area is 389 Å². The summed E-state index contributed by atoms with van der Waals surface area (Å²) < 4.78 is 53.0. The fourth-order valence-corrected chi connectivity index (χ4v) is 11.8. The number of fused-ring (bicyclic) bond motifs is 2. The molecule has 1 amide bonds. The lowest BCUT2D eigenvalue weighted by Crippen LogP contribution is -2.70. The van der Waals surface area contributed by atoms with Crippen molar-refractivity contribution in [2.45, 2.75) is 108 Å². The van der Waals surface area contributed by atoms with Gasteiger partial charge in [0.15, 0.2) is 0 Å². The van der Waals surface area contributed by atoms with E-state index in [1.165, 1.54) is 23.4 Å². The van der Waals surface area contributed by atoms with E-state index in [1.54, 1.807) is 18.2 Å². The van der Waals surface area contributed by atoms with E-state index >= 15 is 8.42 Å². The number of carbonyl (C=O) groups is 1. The molecule has 1 aromatic heterocycles. The topological polar surface area (TPSA) is 169 Å². The highest BCUT2D eigenvalue weighted by Crippen LogP contribution is 2.62. The first-order valence-corrected chi connectivity index (χ1v) is 24.7. The van der Waals surface area contributed by atoms with Gasteiger partial charge >= 0.3 is 0 Å². The predicted octanol–water partition coefficient (Wildman–Crippen LogP) is 8.86. The summed E-state index contributed by atoms with van der Waals surface area (Å²) in [6.07, 6.45) is 8.87. The summed E-state index contributed by atoms with van der Waals surface area (Å²) >= 11 is 0. The van der Waals surface area contributed by atoms with Crippen LogP contribution in [-0.2, 0) is 37.6 Å². The molecule has 1 aliphatic heterocycles. The summed E-state index contributed by atoms with van der Waals surface area (Å²) in [7, 11) is -4.27. The number of hydrogen-bond donors (Lipinski definition) is 3. The average Bonchev–Trinajstić information content (AvgIpc) is 3.31. The largest absolute Gasteiger partial charge is 0.487 e. The second-order valence-electron chi connectivity index (χ2n) is 17.4. The number of aromatic nitrogens is 1. The van der Waals surface area contributed by atoms with Gasteiger partial charge in [0.1, 0.15) is 24.7 Å². The number of nitrogens with one attached hydrogen (secondary N) is 1. The second kappa shape index (κ2) is 22.4. The zero-order valence-corrected chi connectivity index (χ0v) is 39.1. The predicted molar refractivity (Wildman–Crippen MR) is 254 cm³/mol. The summed E-state index contributed by atoms with van der Waals surface area (Å²) in [6.45, 7) is 10.1. The highest BCUT2D eigenvalue weighted by molar-refractivity contribution is 7.89. The maximum Gasteiger partial charge on any atom is 0.243 e. The number of pyridine rings is 1. The zero-order chi connectivity index (χ0) is 46.7. The number of allylic oxidation sites excluding steroid dienone is 1. The number of ether oxygens (including phenoxy) is 3. The van der Waals surface area contributed by atoms with E-state index in [9.17, 15) is 15.0 Å². The molecule has 0 bridgehead atoms. The highest BCUT2D eigenvalue weighted by Gasteiger charge is 2.66. The molecule has 14 heteroatoms.